The van der Waals surface area contributed by atoms with Crippen molar-refractivity contribution in [2.24, 2.45) is 5.73 Å². The maximum atomic E-state index is 5.87. The van der Waals surface area contributed by atoms with Crippen molar-refractivity contribution in [1.29, 1.82) is 0 Å². The second kappa shape index (κ2) is 4.06. The van der Waals surface area contributed by atoms with Crippen LogP contribution in [0.3, 0.4) is 0 Å². The molecule has 0 saturated carbocycles. The van der Waals surface area contributed by atoms with Gasteiger partial charge in [0.1, 0.15) is 0 Å². The molecule has 0 fully saturated rings. The van der Waals surface area contributed by atoms with Crippen LogP contribution in [0.1, 0.15) is 29.4 Å². The Morgan fingerprint density at radius 1 is 1.46 bits per heavy atom. The molecule has 1 aromatic heterocycles. The molecular weight excluding hydrogens is 160 g/mol. The van der Waals surface area contributed by atoms with Crippen molar-refractivity contribution < 1.29 is 0 Å². The summed E-state index contributed by atoms with van der Waals surface area (Å²) in [6.07, 6.45) is 5.77. The minimum atomic E-state index is -0.0644. The first-order valence-corrected chi connectivity index (χ1v) is 4.27. The number of terminal acetylenes is 1. The minimum absolute atomic E-state index is 0.0644. The Morgan fingerprint density at radius 3 is 2.46 bits per heavy atom. The monoisotopic (exact) mass is 174 g/mol. The Balaban J connectivity index is 2.95. The molecule has 1 rings (SSSR count). The Labute approximate surface area is 79.2 Å². The number of hydrogen-bond donors (Lipinski definition) is 1. The van der Waals surface area contributed by atoms with Crippen molar-refractivity contribution >= 4 is 0 Å². The number of hydrogen-bond acceptors (Lipinski definition) is 2. The second-order valence-electron chi connectivity index (χ2n) is 3.20. The Kier molecular flexibility index (Phi) is 3.05. The first-order valence-electron chi connectivity index (χ1n) is 4.27. The predicted molar refractivity (Wildman–Crippen MR) is 54.1 cm³/mol. The van der Waals surface area contributed by atoms with E-state index in [-0.39, 0.29) is 6.04 Å². The minimum Gasteiger partial charge on any atom is -0.323 e. The van der Waals surface area contributed by atoms with Crippen LogP contribution in [0.25, 0.3) is 0 Å². The molecule has 0 aliphatic carbocycles. The third kappa shape index (κ3) is 2.57. The average molecular weight is 174 g/mol. The highest BCUT2D eigenvalue weighted by Crippen LogP contribution is 2.14. The summed E-state index contributed by atoms with van der Waals surface area (Å²) in [5.74, 6) is 2.56. The molecule has 0 bridgehead atoms. The van der Waals surface area contributed by atoms with Crippen molar-refractivity contribution in [1.82, 2.24) is 4.98 Å². The van der Waals surface area contributed by atoms with Crippen LogP contribution in [0.2, 0.25) is 0 Å². The molecule has 0 spiro atoms. The van der Waals surface area contributed by atoms with Crippen molar-refractivity contribution in [3.8, 4) is 12.3 Å². The van der Waals surface area contributed by atoms with Crippen molar-refractivity contribution in [2.75, 3.05) is 0 Å². The van der Waals surface area contributed by atoms with Gasteiger partial charge in [-0.15, -0.1) is 12.3 Å². The zero-order chi connectivity index (χ0) is 9.84. The van der Waals surface area contributed by atoms with Crippen LogP contribution in [0, 0.1) is 26.2 Å². The number of rotatable bonds is 2. The summed E-state index contributed by atoms with van der Waals surface area (Å²) in [6.45, 7) is 3.91. The van der Waals surface area contributed by atoms with E-state index in [1.807, 2.05) is 26.0 Å². The number of aromatic nitrogens is 1. The van der Waals surface area contributed by atoms with E-state index in [9.17, 15) is 0 Å². The van der Waals surface area contributed by atoms with Crippen molar-refractivity contribution in [2.45, 2.75) is 26.3 Å². The number of nitrogens with zero attached hydrogens (tertiary/aromatic N) is 1. The fraction of sp³-hybridized carbons (Fsp3) is 0.364. The summed E-state index contributed by atoms with van der Waals surface area (Å²) < 4.78 is 0. The van der Waals surface area contributed by atoms with E-state index in [0.29, 0.717) is 6.42 Å². The van der Waals surface area contributed by atoms with Gasteiger partial charge < -0.3 is 5.73 Å². The Hall–Kier alpha value is -1.33. The molecule has 0 aliphatic rings. The molecule has 0 amide bonds. The van der Waals surface area contributed by atoms with Gasteiger partial charge in [0.25, 0.3) is 0 Å². The van der Waals surface area contributed by atoms with Crippen molar-refractivity contribution in [3.63, 3.8) is 0 Å². The van der Waals surface area contributed by atoms with Gasteiger partial charge in [-0.2, -0.15) is 0 Å². The van der Waals surface area contributed by atoms with Crippen LogP contribution in [0.15, 0.2) is 12.1 Å². The van der Waals surface area contributed by atoms with E-state index < -0.39 is 0 Å². The van der Waals surface area contributed by atoms with E-state index in [0.717, 1.165) is 17.0 Å². The van der Waals surface area contributed by atoms with Gasteiger partial charge in [0, 0.05) is 23.9 Å². The predicted octanol–water partition coefficient (Wildman–Crippen LogP) is 1.72. The quantitative estimate of drug-likeness (QED) is 0.693. The van der Waals surface area contributed by atoms with E-state index in [4.69, 9.17) is 12.2 Å². The lowest BCUT2D eigenvalue weighted by Gasteiger charge is -2.09. The first-order chi connectivity index (χ1) is 6.13. The van der Waals surface area contributed by atoms with Gasteiger partial charge in [-0.25, -0.2) is 0 Å². The van der Waals surface area contributed by atoms with Crippen LogP contribution in [0.5, 0.6) is 0 Å². The highest BCUT2D eigenvalue weighted by atomic mass is 14.7. The SMILES string of the molecule is C#CCC(N)c1cc(C)nc(C)c1. The summed E-state index contributed by atoms with van der Waals surface area (Å²) in [6, 6.07) is 3.90. The molecule has 0 saturated heterocycles. The molecule has 13 heavy (non-hydrogen) atoms. The van der Waals surface area contributed by atoms with E-state index in [1.165, 1.54) is 0 Å². The molecule has 1 atom stereocenters. The fourth-order valence-corrected chi connectivity index (χ4v) is 1.33. The fourth-order valence-electron chi connectivity index (χ4n) is 1.33. The summed E-state index contributed by atoms with van der Waals surface area (Å²) in [7, 11) is 0. The summed E-state index contributed by atoms with van der Waals surface area (Å²) in [5.41, 5.74) is 8.92. The highest BCUT2D eigenvalue weighted by Gasteiger charge is 2.05. The summed E-state index contributed by atoms with van der Waals surface area (Å²) in [4.78, 5) is 4.27. The number of nitrogens with two attached hydrogens (primary N) is 1. The Morgan fingerprint density at radius 2 is 2.00 bits per heavy atom. The van der Waals surface area contributed by atoms with Gasteiger partial charge in [0.15, 0.2) is 0 Å². The molecule has 2 N–H and O–H groups in total. The molecule has 1 aromatic rings. The smallest absolute Gasteiger partial charge is 0.0407 e. The number of aryl methyl sites for hydroxylation is 2. The number of pyridine rings is 1. The lowest BCUT2D eigenvalue weighted by molar-refractivity contribution is 0.749. The first kappa shape index (κ1) is 9.76. The van der Waals surface area contributed by atoms with Gasteiger partial charge in [0.2, 0.25) is 0 Å². The molecule has 0 aromatic carbocycles. The summed E-state index contributed by atoms with van der Waals surface area (Å²) >= 11 is 0. The molecule has 1 unspecified atom stereocenters. The maximum Gasteiger partial charge on any atom is 0.0407 e. The topological polar surface area (TPSA) is 38.9 Å². The largest absolute Gasteiger partial charge is 0.323 e. The third-order valence-electron chi connectivity index (χ3n) is 1.87. The molecule has 2 heteroatoms. The zero-order valence-corrected chi connectivity index (χ0v) is 8.04. The Bertz CT molecular complexity index is 316. The van der Waals surface area contributed by atoms with Crippen LogP contribution >= 0.6 is 0 Å². The lowest BCUT2D eigenvalue weighted by Crippen LogP contribution is -2.10. The van der Waals surface area contributed by atoms with Gasteiger partial charge in [-0.1, -0.05) is 0 Å². The van der Waals surface area contributed by atoms with Gasteiger partial charge >= 0.3 is 0 Å². The van der Waals surface area contributed by atoms with E-state index in [1.54, 1.807) is 0 Å². The van der Waals surface area contributed by atoms with Crippen molar-refractivity contribution in [3.05, 3.63) is 29.1 Å². The van der Waals surface area contributed by atoms with Crippen LogP contribution < -0.4 is 5.73 Å². The van der Waals surface area contributed by atoms with Gasteiger partial charge in [0.05, 0.1) is 0 Å². The van der Waals surface area contributed by atoms with Crippen LogP contribution in [-0.4, -0.2) is 4.98 Å². The zero-order valence-electron chi connectivity index (χ0n) is 8.04. The molecule has 0 aliphatic heterocycles. The van der Waals surface area contributed by atoms with Gasteiger partial charge in [-0.3, -0.25) is 4.98 Å². The molecule has 1 heterocycles. The average Bonchev–Trinajstić information content (AvgIpc) is 2.03. The molecule has 68 valence electrons. The van der Waals surface area contributed by atoms with E-state index in [2.05, 4.69) is 10.9 Å². The third-order valence-corrected chi connectivity index (χ3v) is 1.87. The molecule has 0 radical (unpaired) electrons. The molecule has 2 nitrogen and oxygen atoms in total. The maximum absolute atomic E-state index is 5.87. The lowest BCUT2D eigenvalue weighted by atomic mass is 10.0. The molecular formula is C11H14N2. The van der Waals surface area contributed by atoms with Crippen LogP contribution in [-0.2, 0) is 0 Å². The standard InChI is InChI=1S/C11H14N2/c1-4-5-11(12)10-6-8(2)13-9(3)7-10/h1,6-7,11H,5,12H2,2-3H3. The second-order valence-corrected chi connectivity index (χ2v) is 3.20. The summed E-state index contributed by atoms with van der Waals surface area (Å²) in [5, 5.41) is 0. The van der Waals surface area contributed by atoms with Crippen LogP contribution in [0.4, 0.5) is 0 Å². The van der Waals surface area contributed by atoms with E-state index >= 15 is 0 Å². The normalized spacial score (nSPS) is 12.2. The van der Waals surface area contributed by atoms with Gasteiger partial charge in [-0.05, 0) is 31.5 Å². The highest BCUT2D eigenvalue weighted by molar-refractivity contribution is 5.24.